The zero-order valence-corrected chi connectivity index (χ0v) is 13.7. The lowest BCUT2D eigenvalue weighted by atomic mass is 9.90. The minimum atomic E-state index is -0.279. The summed E-state index contributed by atoms with van der Waals surface area (Å²) >= 11 is 5.79. The smallest absolute Gasteiger partial charge is 0.238 e. The summed E-state index contributed by atoms with van der Waals surface area (Å²) in [5.74, 6) is -0.0177. The van der Waals surface area contributed by atoms with Crippen LogP contribution in [-0.4, -0.2) is 33.9 Å². The van der Waals surface area contributed by atoms with Gasteiger partial charge in [-0.3, -0.25) is 4.79 Å². The number of nitrogens with zero attached hydrogens (tertiary/aromatic N) is 1. The van der Waals surface area contributed by atoms with Gasteiger partial charge in [0.25, 0.3) is 0 Å². The molecule has 120 valence electrons. The molecular formula is C18H24ClNO2. The maximum Gasteiger partial charge on any atom is 0.238 e. The summed E-state index contributed by atoms with van der Waals surface area (Å²) in [5.41, 5.74) is 4.08. The van der Waals surface area contributed by atoms with Gasteiger partial charge in [-0.1, -0.05) is 18.2 Å². The van der Waals surface area contributed by atoms with Crippen LogP contribution in [0.4, 0.5) is 0 Å². The maximum absolute atomic E-state index is 12.2. The Hall–Kier alpha value is -1.06. The molecule has 1 aromatic carbocycles. The number of hydrogen-bond donors (Lipinski definition) is 1. The quantitative estimate of drug-likeness (QED) is 0.866. The number of benzene rings is 1. The Morgan fingerprint density at radius 1 is 1.23 bits per heavy atom. The van der Waals surface area contributed by atoms with Gasteiger partial charge in [0.2, 0.25) is 5.91 Å². The average molecular weight is 322 g/mol. The molecule has 3 rings (SSSR count). The average Bonchev–Trinajstić information content (AvgIpc) is 2.98. The first-order valence-corrected chi connectivity index (χ1v) is 8.85. The van der Waals surface area contributed by atoms with Crippen molar-refractivity contribution in [1.82, 2.24) is 4.90 Å². The summed E-state index contributed by atoms with van der Waals surface area (Å²) in [6, 6.07) is 6.74. The van der Waals surface area contributed by atoms with Crippen LogP contribution in [0.25, 0.3) is 0 Å². The summed E-state index contributed by atoms with van der Waals surface area (Å²) in [4.78, 5) is 14.1. The monoisotopic (exact) mass is 321 g/mol. The molecule has 0 aromatic heterocycles. The van der Waals surface area contributed by atoms with Crippen molar-refractivity contribution in [3.63, 3.8) is 0 Å². The molecule has 4 heteroatoms. The van der Waals surface area contributed by atoms with Gasteiger partial charge in [-0.05, 0) is 61.6 Å². The normalized spacial score (nSPS) is 24.1. The maximum atomic E-state index is 12.2. The summed E-state index contributed by atoms with van der Waals surface area (Å²) in [7, 11) is 0. The first kappa shape index (κ1) is 15.8. The van der Waals surface area contributed by atoms with Gasteiger partial charge >= 0.3 is 0 Å². The predicted octanol–water partition coefficient (Wildman–Crippen LogP) is 3.05. The third kappa shape index (κ3) is 3.47. The molecule has 2 atom stereocenters. The predicted molar refractivity (Wildman–Crippen MR) is 88.0 cm³/mol. The molecule has 1 aromatic rings. The van der Waals surface area contributed by atoms with Crippen molar-refractivity contribution < 1.29 is 9.90 Å². The number of aliphatic hydroxyl groups is 1. The Bertz CT molecular complexity index is 546. The number of alkyl halides is 1. The Labute approximate surface area is 137 Å². The molecule has 1 saturated carbocycles. The largest absolute Gasteiger partial charge is 0.393 e. The fourth-order valence-corrected chi connectivity index (χ4v) is 3.95. The van der Waals surface area contributed by atoms with E-state index in [1.165, 1.54) is 36.0 Å². The van der Waals surface area contributed by atoms with Crippen molar-refractivity contribution in [2.45, 2.75) is 63.6 Å². The molecule has 0 saturated heterocycles. The van der Waals surface area contributed by atoms with Crippen LogP contribution in [0.2, 0.25) is 0 Å². The van der Waals surface area contributed by atoms with Gasteiger partial charge in [-0.25, -0.2) is 0 Å². The van der Waals surface area contributed by atoms with Crippen LogP contribution in [0.1, 0.15) is 48.8 Å². The molecule has 0 spiro atoms. The van der Waals surface area contributed by atoms with Gasteiger partial charge in [0, 0.05) is 12.6 Å². The summed E-state index contributed by atoms with van der Waals surface area (Å²) in [6.07, 6.45) is 6.91. The highest BCUT2D eigenvalue weighted by atomic mass is 35.5. The third-order valence-electron chi connectivity index (χ3n) is 5.02. The fraction of sp³-hybridized carbons (Fsp3) is 0.611. The number of halogens is 1. The van der Waals surface area contributed by atoms with Gasteiger partial charge in [0.1, 0.15) is 5.88 Å². The molecule has 0 unspecified atom stereocenters. The second kappa shape index (κ2) is 7.01. The zero-order valence-electron chi connectivity index (χ0n) is 12.9. The van der Waals surface area contributed by atoms with Crippen LogP contribution in [0, 0.1) is 0 Å². The van der Waals surface area contributed by atoms with Gasteiger partial charge < -0.3 is 10.0 Å². The van der Waals surface area contributed by atoms with E-state index in [4.69, 9.17) is 11.6 Å². The number of carbonyl (C=O) groups is 1. The Morgan fingerprint density at radius 2 is 2.00 bits per heavy atom. The molecule has 0 radical (unpaired) electrons. The summed E-state index contributed by atoms with van der Waals surface area (Å²) < 4.78 is 0. The highest BCUT2D eigenvalue weighted by Gasteiger charge is 2.30. The number of carbonyl (C=O) groups excluding carboxylic acids is 1. The summed E-state index contributed by atoms with van der Waals surface area (Å²) in [5, 5.41) is 9.76. The van der Waals surface area contributed by atoms with Crippen molar-refractivity contribution >= 4 is 17.5 Å². The molecule has 2 aliphatic carbocycles. The molecular weight excluding hydrogens is 298 g/mol. The number of aryl methyl sites for hydroxylation is 2. The van der Waals surface area contributed by atoms with E-state index < -0.39 is 0 Å². The van der Waals surface area contributed by atoms with E-state index in [-0.39, 0.29) is 23.9 Å². The van der Waals surface area contributed by atoms with E-state index in [2.05, 4.69) is 18.2 Å². The molecule has 1 amide bonds. The SMILES string of the molecule is O=C(CCl)N(Cc1ccc2c(c1)CCCC2)[C@@H]1CC[C@@H](O)C1. The van der Waals surface area contributed by atoms with Gasteiger partial charge in [0.05, 0.1) is 6.10 Å². The molecule has 3 nitrogen and oxygen atoms in total. The van der Waals surface area contributed by atoms with E-state index in [0.717, 1.165) is 19.3 Å². The number of fused-ring (bicyclic) bond motifs is 1. The van der Waals surface area contributed by atoms with E-state index in [1.807, 2.05) is 4.90 Å². The van der Waals surface area contributed by atoms with E-state index in [0.29, 0.717) is 13.0 Å². The fourth-order valence-electron chi connectivity index (χ4n) is 3.80. The standard InChI is InChI=1S/C18H24ClNO2/c19-11-18(22)20(16-7-8-17(21)10-16)12-13-5-6-14-3-1-2-4-15(14)9-13/h5-6,9,16-17,21H,1-4,7-8,10-12H2/t16-,17-/m1/s1. The highest BCUT2D eigenvalue weighted by molar-refractivity contribution is 6.27. The first-order chi connectivity index (χ1) is 10.7. The first-order valence-electron chi connectivity index (χ1n) is 8.31. The van der Waals surface area contributed by atoms with Crippen LogP contribution < -0.4 is 0 Å². The second-order valence-electron chi connectivity index (χ2n) is 6.59. The number of aliphatic hydroxyl groups excluding tert-OH is 1. The minimum Gasteiger partial charge on any atom is -0.393 e. The van der Waals surface area contributed by atoms with Gasteiger partial charge in [-0.15, -0.1) is 11.6 Å². The molecule has 0 heterocycles. The Kier molecular flexibility index (Phi) is 5.04. The van der Waals surface area contributed by atoms with Crippen LogP contribution in [0.5, 0.6) is 0 Å². The molecule has 1 N–H and O–H groups in total. The van der Waals surface area contributed by atoms with Crippen molar-refractivity contribution in [3.05, 3.63) is 34.9 Å². The molecule has 1 fully saturated rings. The van der Waals surface area contributed by atoms with E-state index >= 15 is 0 Å². The van der Waals surface area contributed by atoms with Crippen molar-refractivity contribution in [2.24, 2.45) is 0 Å². The lowest BCUT2D eigenvalue weighted by Gasteiger charge is -2.29. The van der Waals surface area contributed by atoms with Gasteiger partial charge in [-0.2, -0.15) is 0 Å². The van der Waals surface area contributed by atoms with Crippen LogP contribution in [0.3, 0.4) is 0 Å². The molecule has 0 bridgehead atoms. The van der Waals surface area contributed by atoms with Gasteiger partial charge in [0.15, 0.2) is 0 Å². The summed E-state index contributed by atoms with van der Waals surface area (Å²) in [6.45, 7) is 0.607. The zero-order chi connectivity index (χ0) is 15.5. The molecule has 22 heavy (non-hydrogen) atoms. The molecule has 2 aliphatic rings. The minimum absolute atomic E-state index is 0.0114. The number of amides is 1. The number of rotatable bonds is 4. The Balaban J connectivity index is 1.76. The Morgan fingerprint density at radius 3 is 2.68 bits per heavy atom. The van der Waals surface area contributed by atoms with Crippen LogP contribution in [0.15, 0.2) is 18.2 Å². The number of hydrogen-bond acceptors (Lipinski definition) is 2. The van der Waals surface area contributed by atoms with E-state index in [9.17, 15) is 9.90 Å². The van der Waals surface area contributed by atoms with Crippen molar-refractivity contribution in [3.8, 4) is 0 Å². The highest BCUT2D eigenvalue weighted by Crippen LogP contribution is 2.27. The van der Waals surface area contributed by atoms with E-state index in [1.54, 1.807) is 0 Å². The topological polar surface area (TPSA) is 40.5 Å². The molecule has 0 aliphatic heterocycles. The van der Waals surface area contributed by atoms with Crippen molar-refractivity contribution in [2.75, 3.05) is 5.88 Å². The third-order valence-corrected chi connectivity index (χ3v) is 5.25. The van der Waals surface area contributed by atoms with Crippen LogP contribution >= 0.6 is 11.6 Å². The van der Waals surface area contributed by atoms with Crippen molar-refractivity contribution in [1.29, 1.82) is 0 Å². The second-order valence-corrected chi connectivity index (χ2v) is 6.85. The lowest BCUT2D eigenvalue weighted by Crippen LogP contribution is -2.39. The lowest BCUT2D eigenvalue weighted by molar-refractivity contribution is -0.131. The van der Waals surface area contributed by atoms with Crippen LogP contribution in [-0.2, 0) is 24.2 Å².